The normalized spacial score (nSPS) is 45.5. The average molecular weight is 222 g/mol. The first-order valence-electron chi connectivity index (χ1n) is 6.50. The Kier molecular flexibility index (Phi) is 1.82. The van der Waals surface area contributed by atoms with Gasteiger partial charge >= 0.3 is 0 Å². The van der Waals surface area contributed by atoms with Gasteiger partial charge in [-0.15, -0.1) is 0 Å². The van der Waals surface area contributed by atoms with Crippen molar-refractivity contribution in [1.29, 1.82) is 0 Å². The average Bonchev–Trinajstić information content (AvgIpc) is 2.74. The minimum absolute atomic E-state index is 0.372. The predicted molar refractivity (Wildman–Crippen MR) is 68.1 cm³/mol. The molecule has 0 unspecified atom stereocenters. The topological polar surface area (TPSA) is 0 Å². The Bertz CT molecular complexity index is 322. The van der Waals surface area contributed by atoms with Crippen molar-refractivity contribution in [3.63, 3.8) is 0 Å². The van der Waals surface area contributed by atoms with E-state index in [2.05, 4.69) is 20.8 Å². The Morgan fingerprint density at radius 2 is 1.67 bits per heavy atom. The van der Waals surface area contributed by atoms with Crippen LogP contribution in [0.1, 0.15) is 59.3 Å². The number of fused-ring (bicyclic) bond motifs is 3. The molecule has 3 saturated carbocycles. The highest BCUT2D eigenvalue weighted by Crippen LogP contribution is 2.73. The molecule has 15 heavy (non-hydrogen) atoms. The van der Waals surface area contributed by atoms with E-state index in [-0.39, 0.29) is 0 Å². The van der Waals surface area contributed by atoms with Gasteiger partial charge in [0.2, 0.25) is 0 Å². The lowest BCUT2D eigenvalue weighted by Gasteiger charge is -2.37. The number of hydrogen-bond acceptors (Lipinski definition) is 1. The van der Waals surface area contributed by atoms with Gasteiger partial charge in [0, 0.05) is 15.7 Å². The lowest BCUT2D eigenvalue weighted by molar-refractivity contribution is 0.140. The van der Waals surface area contributed by atoms with Crippen LogP contribution in [0.4, 0.5) is 0 Å². The molecule has 2 atom stereocenters. The van der Waals surface area contributed by atoms with Crippen molar-refractivity contribution in [1.82, 2.24) is 0 Å². The smallest absolute Gasteiger partial charge is 0.00576 e. The van der Waals surface area contributed by atoms with Crippen molar-refractivity contribution in [2.24, 2.45) is 22.2 Å². The van der Waals surface area contributed by atoms with E-state index >= 15 is 0 Å². The van der Waals surface area contributed by atoms with Crippen LogP contribution in [0.3, 0.4) is 0 Å². The Morgan fingerprint density at radius 1 is 1.07 bits per heavy atom. The third-order valence-electron chi connectivity index (χ3n) is 6.34. The largest absolute Gasteiger partial charge is 0.0884 e. The fourth-order valence-corrected chi connectivity index (χ4v) is 5.87. The van der Waals surface area contributed by atoms with Gasteiger partial charge in [-0.3, -0.25) is 0 Å². The molecule has 84 valence electrons. The summed E-state index contributed by atoms with van der Waals surface area (Å²) < 4.78 is 0. The van der Waals surface area contributed by atoms with Crippen molar-refractivity contribution in [3.8, 4) is 0 Å². The summed E-state index contributed by atoms with van der Waals surface area (Å²) in [5.41, 5.74) is 1.33. The molecule has 0 heterocycles. The maximum absolute atomic E-state index is 5.90. The maximum atomic E-state index is 5.90. The summed E-state index contributed by atoms with van der Waals surface area (Å²) >= 11 is 5.90. The molecule has 0 aromatic heterocycles. The van der Waals surface area contributed by atoms with E-state index in [4.69, 9.17) is 12.2 Å². The summed E-state index contributed by atoms with van der Waals surface area (Å²) in [6, 6.07) is 0. The van der Waals surface area contributed by atoms with Gasteiger partial charge in [0.05, 0.1) is 0 Å². The molecule has 0 radical (unpaired) electrons. The second kappa shape index (κ2) is 2.67. The second-order valence-corrected chi connectivity index (χ2v) is 7.25. The number of hydrogen-bond donors (Lipinski definition) is 0. The minimum atomic E-state index is 0.372. The van der Waals surface area contributed by atoms with Crippen molar-refractivity contribution < 1.29 is 0 Å². The third-order valence-corrected chi connectivity index (χ3v) is 7.20. The van der Waals surface area contributed by atoms with Crippen LogP contribution in [0, 0.1) is 22.2 Å². The van der Waals surface area contributed by atoms with Gasteiger partial charge in [0.25, 0.3) is 0 Å². The summed E-state index contributed by atoms with van der Waals surface area (Å²) in [6.45, 7) is 7.40. The molecule has 0 aliphatic heterocycles. The summed E-state index contributed by atoms with van der Waals surface area (Å²) in [5, 5.41) is 0. The molecule has 0 aromatic carbocycles. The fraction of sp³-hybridized carbons (Fsp3) is 0.929. The van der Waals surface area contributed by atoms with Crippen LogP contribution >= 0.6 is 12.2 Å². The zero-order valence-electron chi connectivity index (χ0n) is 10.2. The van der Waals surface area contributed by atoms with Crippen molar-refractivity contribution in [3.05, 3.63) is 0 Å². The molecule has 3 rings (SSSR count). The SMILES string of the molecule is CC1(C)[C@@H]2CC[C@@]1(C)C(=S)C21CCCC1. The first-order valence-corrected chi connectivity index (χ1v) is 6.91. The first-order chi connectivity index (χ1) is 6.95. The molecule has 2 bridgehead atoms. The molecule has 3 aliphatic rings. The molecule has 0 amide bonds. The van der Waals surface area contributed by atoms with Crippen LogP contribution in [0.5, 0.6) is 0 Å². The van der Waals surface area contributed by atoms with E-state index in [1.165, 1.54) is 43.4 Å². The summed E-state index contributed by atoms with van der Waals surface area (Å²) in [5.74, 6) is 0.894. The van der Waals surface area contributed by atoms with Gasteiger partial charge in [0.15, 0.2) is 0 Å². The third kappa shape index (κ3) is 0.891. The van der Waals surface area contributed by atoms with Gasteiger partial charge in [-0.1, -0.05) is 45.8 Å². The highest BCUT2D eigenvalue weighted by Gasteiger charge is 2.70. The van der Waals surface area contributed by atoms with Crippen LogP contribution in [0.15, 0.2) is 0 Å². The van der Waals surface area contributed by atoms with Crippen molar-refractivity contribution >= 4 is 17.1 Å². The van der Waals surface area contributed by atoms with Crippen LogP contribution in [0.2, 0.25) is 0 Å². The lowest BCUT2D eigenvalue weighted by Crippen LogP contribution is -2.36. The van der Waals surface area contributed by atoms with Gasteiger partial charge in [-0.05, 0) is 37.0 Å². The molecule has 3 aliphatic carbocycles. The van der Waals surface area contributed by atoms with E-state index in [0.717, 1.165) is 5.92 Å². The fourth-order valence-electron chi connectivity index (χ4n) is 5.16. The van der Waals surface area contributed by atoms with Crippen molar-refractivity contribution in [2.75, 3.05) is 0 Å². The maximum Gasteiger partial charge on any atom is 0.00576 e. The van der Waals surface area contributed by atoms with Crippen LogP contribution in [-0.2, 0) is 0 Å². The van der Waals surface area contributed by atoms with Gasteiger partial charge in [-0.2, -0.15) is 0 Å². The van der Waals surface area contributed by atoms with E-state index in [9.17, 15) is 0 Å². The van der Waals surface area contributed by atoms with Crippen LogP contribution in [-0.4, -0.2) is 4.86 Å². The Morgan fingerprint density at radius 3 is 2.13 bits per heavy atom. The monoisotopic (exact) mass is 222 g/mol. The molecule has 3 fully saturated rings. The highest BCUT2D eigenvalue weighted by atomic mass is 32.1. The van der Waals surface area contributed by atoms with E-state index in [1.807, 2.05) is 0 Å². The van der Waals surface area contributed by atoms with Crippen molar-refractivity contribution in [2.45, 2.75) is 59.3 Å². The van der Waals surface area contributed by atoms with Crippen LogP contribution < -0.4 is 0 Å². The predicted octanol–water partition coefficient (Wildman–Crippen LogP) is 4.37. The summed E-state index contributed by atoms with van der Waals surface area (Å²) in [7, 11) is 0. The molecule has 0 nitrogen and oxygen atoms in total. The zero-order chi connectivity index (χ0) is 10.9. The zero-order valence-corrected chi connectivity index (χ0v) is 11.0. The first kappa shape index (κ1) is 10.3. The van der Waals surface area contributed by atoms with Gasteiger partial charge in [-0.25, -0.2) is 0 Å². The quantitative estimate of drug-likeness (QED) is 0.548. The molecule has 0 saturated heterocycles. The minimum Gasteiger partial charge on any atom is -0.0884 e. The Balaban J connectivity index is 2.14. The van der Waals surface area contributed by atoms with Gasteiger partial charge in [0.1, 0.15) is 0 Å². The molecule has 1 spiro atoms. The molecule has 1 heteroatoms. The van der Waals surface area contributed by atoms with E-state index in [0.29, 0.717) is 16.2 Å². The van der Waals surface area contributed by atoms with Gasteiger partial charge < -0.3 is 0 Å². The molecule has 0 aromatic rings. The number of thiocarbonyl (C=S) groups is 1. The Hall–Kier alpha value is 0.0900. The van der Waals surface area contributed by atoms with E-state index < -0.39 is 0 Å². The Labute approximate surface area is 98.8 Å². The molecular weight excluding hydrogens is 200 g/mol. The standard InChI is InChI=1S/C14H22S/c1-12(2)10-6-9-13(12,3)11(15)14(10)7-4-5-8-14/h10H,4-9H2,1-3H3/t10-,13-/m0/s1. The second-order valence-electron chi connectivity index (χ2n) is 6.84. The van der Waals surface area contributed by atoms with Crippen LogP contribution in [0.25, 0.3) is 0 Å². The molecule has 0 N–H and O–H groups in total. The highest BCUT2D eigenvalue weighted by molar-refractivity contribution is 7.80. The summed E-state index contributed by atoms with van der Waals surface area (Å²) in [6.07, 6.45) is 8.42. The number of rotatable bonds is 0. The van der Waals surface area contributed by atoms with E-state index in [1.54, 1.807) is 0 Å². The molecular formula is C14H22S. The lowest BCUT2D eigenvalue weighted by atomic mass is 9.69. The summed E-state index contributed by atoms with van der Waals surface area (Å²) in [4.78, 5) is 1.47.